The van der Waals surface area contributed by atoms with Gasteiger partial charge in [0, 0.05) is 18.9 Å². The molecule has 2 N–H and O–H groups in total. The van der Waals surface area contributed by atoms with Crippen LogP contribution in [0.5, 0.6) is 0 Å². The van der Waals surface area contributed by atoms with Gasteiger partial charge in [-0.15, -0.1) is 4.76 Å². The molecule has 0 aliphatic heterocycles. The highest BCUT2D eigenvalue weighted by Gasteiger charge is 2.39. The third-order valence-electron chi connectivity index (χ3n) is 4.58. The second kappa shape index (κ2) is 19.5. The standard InChI is InChI=1S/C24H46N3O11P/c1-9-12-15-32-19(28)16-27(8)22(25)26-39(31,37-20(17(4)5)35-23(29)33-13-10-2)38-21(18(6)7)36-24(30)34-14-11-3/h17-18,20-21H,9-16H2,1-8H3,(H2,25,26,31). The molecule has 0 saturated heterocycles. The number of guanidine groups is 1. The predicted octanol–water partition coefficient (Wildman–Crippen LogP) is 4.81. The summed E-state index contributed by atoms with van der Waals surface area (Å²) in [5, 5.41) is 0. The molecule has 228 valence electrons. The molecule has 0 bridgehead atoms. The lowest BCUT2D eigenvalue weighted by atomic mass is 10.2. The predicted molar refractivity (Wildman–Crippen MR) is 143 cm³/mol. The van der Waals surface area contributed by atoms with Gasteiger partial charge in [0.2, 0.25) is 18.5 Å². The quantitative estimate of drug-likeness (QED) is 0.0443. The number of hydrogen-bond acceptors (Lipinski definition) is 11. The molecule has 0 aromatic rings. The van der Waals surface area contributed by atoms with Crippen molar-refractivity contribution in [3.8, 4) is 0 Å². The van der Waals surface area contributed by atoms with Gasteiger partial charge in [0.25, 0.3) is 0 Å². The molecule has 0 aliphatic carbocycles. The van der Waals surface area contributed by atoms with Gasteiger partial charge in [-0.25, -0.2) is 23.2 Å². The average molecular weight is 584 g/mol. The summed E-state index contributed by atoms with van der Waals surface area (Å²) >= 11 is 0. The van der Waals surface area contributed by atoms with Crippen LogP contribution in [-0.4, -0.2) is 75.1 Å². The molecule has 0 aromatic heterocycles. The summed E-state index contributed by atoms with van der Waals surface area (Å²) < 4.78 is 54.3. The van der Waals surface area contributed by atoms with Crippen LogP contribution in [0.2, 0.25) is 0 Å². The zero-order chi connectivity index (χ0) is 30.0. The number of nitrogens with two attached hydrogens (primary N) is 1. The molecule has 15 heteroatoms. The topological polar surface area (TPSA) is 175 Å². The van der Waals surface area contributed by atoms with Crippen LogP contribution >= 0.6 is 7.75 Å². The highest BCUT2D eigenvalue weighted by Crippen LogP contribution is 2.54. The molecule has 0 heterocycles. The van der Waals surface area contributed by atoms with Crippen molar-refractivity contribution in [1.29, 1.82) is 0 Å². The number of likely N-dealkylation sites (N-methyl/N-ethyl adjacent to an activating group) is 1. The number of carbonyl (C=O) groups excluding carboxylic acids is 3. The fraction of sp³-hybridized carbons (Fsp3) is 0.833. The second-order valence-corrected chi connectivity index (χ2v) is 10.8. The zero-order valence-corrected chi connectivity index (χ0v) is 25.3. The molecule has 0 spiro atoms. The summed E-state index contributed by atoms with van der Waals surface area (Å²) in [4.78, 5) is 37.4. The summed E-state index contributed by atoms with van der Waals surface area (Å²) in [5.74, 6) is -2.05. The molecule has 0 fully saturated rings. The smallest absolute Gasteiger partial charge is 0.464 e. The normalized spacial score (nSPS) is 14.8. The van der Waals surface area contributed by atoms with Crippen LogP contribution in [0.25, 0.3) is 0 Å². The van der Waals surface area contributed by atoms with Crippen LogP contribution in [0.3, 0.4) is 0 Å². The molecule has 14 nitrogen and oxygen atoms in total. The SMILES string of the molecule is CCCCOC(=O)CN(C)C(N)=NP(=O)(OC(OC(=O)OCCC)C(C)C)OC(OC(=O)OCCC)C(C)C. The minimum absolute atomic E-state index is 0.102. The number of rotatable bonds is 18. The third kappa shape index (κ3) is 16.2. The van der Waals surface area contributed by atoms with E-state index in [1.165, 1.54) is 11.9 Å². The van der Waals surface area contributed by atoms with Crippen LogP contribution in [0.4, 0.5) is 9.59 Å². The van der Waals surface area contributed by atoms with Gasteiger partial charge in [0.1, 0.15) is 6.54 Å². The van der Waals surface area contributed by atoms with Crippen molar-refractivity contribution >= 4 is 32.0 Å². The Morgan fingerprint density at radius 3 is 1.64 bits per heavy atom. The van der Waals surface area contributed by atoms with Gasteiger partial charge in [0.05, 0.1) is 19.8 Å². The number of hydrogen-bond donors (Lipinski definition) is 1. The van der Waals surface area contributed by atoms with Crippen molar-refractivity contribution in [2.75, 3.05) is 33.4 Å². The lowest BCUT2D eigenvalue weighted by Crippen LogP contribution is -2.38. The van der Waals surface area contributed by atoms with Gasteiger partial charge in [-0.1, -0.05) is 54.9 Å². The molecule has 0 radical (unpaired) electrons. The lowest BCUT2D eigenvalue weighted by Gasteiger charge is -2.28. The second-order valence-electron chi connectivity index (χ2n) is 9.23. The Morgan fingerprint density at radius 1 is 0.795 bits per heavy atom. The van der Waals surface area contributed by atoms with E-state index in [1.807, 2.05) is 6.92 Å². The molecular weight excluding hydrogens is 537 g/mol. The van der Waals surface area contributed by atoms with E-state index >= 15 is 0 Å². The van der Waals surface area contributed by atoms with Gasteiger partial charge >= 0.3 is 26.0 Å². The van der Waals surface area contributed by atoms with Crippen molar-refractivity contribution in [1.82, 2.24) is 4.90 Å². The Morgan fingerprint density at radius 2 is 1.26 bits per heavy atom. The van der Waals surface area contributed by atoms with E-state index in [-0.39, 0.29) is 26.4 Å². The minimum Gasteiger partial charge on any atom is -0.464 e. The van der Waals surface area contributed by atoms with E-state index in [1.54, 1.807) is 41.5 Å². The number of nitrogens with zero attached hydrogens (tertiary/aromatic N) is 2. The maximum Gasteiger partial charge on any atom is 0.510 e. The molecule has 0 aromatic carbocycles. The summed E-state index contributed by atoms with van der Waals surface area (Å²) in [7, 11) is -3.26. The van der Waals surface area contributed by atoms with Gasteiger partial charge in [-0.3, -0.25) is 4.79 Å². The fourth-order valence-electron chi connectivity index (χ4n) is 2.37. The average Bonchev–Trinajstić information content (AvgIpc) is 2.85. The lowest BCUT2D eigenvalue weighted by molar-refractivity contribution is -0.144. The highest BCUT2D eigenvalue weighted by molar-refractivity contribution is 7.52. The first-order chi connectivity index (χ1) is 18.3. The Labute approximate surface area is 231 Å². The van der Waals surface area contributed by atoms with Crippen molar-refractivity contribution < 1.29 is 51.7 Å². The minimum atomic E-state index is -4.68. The van der Waals surface area contributed by atoms with Crippen LogP contribution in [0, 0.1) is 11.8 Å². The summed E-state index contributed by atoms with van der Waals surface area (Å²) in [5.41, 5.74) is 6.02. The molecule has 0 rings (SSSR count). The molecule has 2 unspecified atom stereocenters. The Hall–Kier alpha value is -2.57. The van der Waals surface area contributed by atoms with Crippen LogP contribution in [0.1, 0.15) is 74.1 Å². The van der Waals surface area contributed by atoms with E-state index < -0.39 is 56.4 Å². The largest absolute Gasteiger partial charge is 0.510 e. The first-order valence-corrected chi connectivity index (χ1v) is 14.6. The van der Waals surface area contributed by atoms with E-state index in [4.69, 9.17) is 38.5 Å². The number of esters is 1. The van der Waals surface area contributed by atoms with Gasteiger partial charge in [-0.2, -0.15) is 0 Å². The van der Waals surface area contributed by atoms with E-state index in [0.717, 1.165) is 6.42 Å². The fourth-order valence-corrected chi connectivity index (χ4v) is 4.02. The summed E-state index contributed by atoms with van der Waals surface area (Å²) in [6, 6.07) is 0. The first-order valence-electron chi connectivity index (χ1n) is 13.1. The number of carbonyl (C=O) groups is 3. The van der Waals surface area contributed by atoms with Crippen molar-refractivity contribution in [2.45, 2.75) is 86.7 Å². The summed E-state index contributed by atoms with van der Waals surface area (Å²) in [6.07, 6.45) is -2.33. The van der Waals surface area contributed by atoms with Crippen molar-refractivity contribution in [2.24, 2.45) is 22.3 Å². The highest BCUT2D eigenvalue weighted by atomic mass is 31.2. The maximum atomic E-state index is 13.9. The van der Waals surface area contributed by atoms with Gasteiger partial charge < -0.3 is 34.3 Å². The zero-order valence-electron chi connectivity index (χ0n) is 24.4. The van der Waals surface area contributed by atoms with E-state index in [9.17, 15) is 18.9 Å². The monoisotopic (exact) mass is 583 g/mol. The molecule has 39 heavy (non-hydrogen) atoms. The van der Waals surface area contributed by atoms with Crippen LogP contribution in [-0.2, 0) is 42.1 Å². The first kappa shape index (κ1) is 36.4. The van der Waals surface area contributed by atoms with E-state index in [0.29, 0.717) is 19.3 Å². The summed E-state index contributed by atoms with van der Waals surface area (Å²) in [6.45, 7) is 12.2. The van der Waals surface area contributed by atoms with Crippen molar-refractivity contribution in [3.63, 3.8) is 0 Å². The molecule has 0 amide bonds. The van der Waals surface area contributed by atoms with E-state index in [2.05, 4.69) is 4.76 Å². The van der Waals surface area contributed by atoms with Crippen LogP contribution < -0.4 is 5.73 Å². The Kier molecular flexibility index (Phi) is 18.2. The number of unbranched alkanes of at least 4 members (excludes halogenated alkanes) is 1. The van der Waals surface area contributed by atoms with Gasteiger partial charge in [-0.05, 0) is 19.3 Å². The third-order valence-corrected chi connectivity index (χ3v) is 5.98. The number of ether oxygens (including phenoxy) is 5. The molecule has 0 aliphatic rings. The van der Waals surface area contributed by atoms with Crippen molar-refractivity contribution in [3.05, 3.63) is 0 Å². The molecule has 0 saturated carbocycles. The van der Waals surface area contributed by atoms with Gasteiger partial charge in [0.15, 0.2) is 0 Å². The molecular formula is C24H46N3O11P. The Balaban J connectivity index is 6.05. The maximum absolute atomic E-state index is 13.9. The van der Waals surface area contributed by atoms with Crippen LogP contribution in [0.15, 0.2) is 4.76 Å². The Bertz CT molecular complexity index is 783. The molecule has 2 atom stereocenters.